The summed E-state index contributed by atoms with van der Waals surface area (Å²) in [4.78, 5) is 23.1. The van der Waals surface area contributed by atoms with Crippen LogP contribution in [0, 0.1) is 0 Å². The SMILES string of the molecule is NC1=NCNC2=C1NCN2[C@@H]1O[C@H](COP(=O)(O)O)[C@@H](O)[C@H]1O. The highest BCUT2D eigenvalue weighted by molar-refractivity contribution is 7.46. The Morgan fingerprint density at radius 1 is 1.39 bits per heavy atom. The number of ether oxygens (including phenoxy) is 1. The minimum absolute atomic E-state index is 0.258. The summed E-state index contributed by atoms with van der Waals surface area (Å²) in [5, 5.41) is 26.2. The second kappa shape index (κ2) is 5.91. The molecule has 0 aromatic heterocycles. The van der Waals surface area contributed by atoms with Crippen LogP contribution < -0.4 is 16.4 Å². The van der Waals surface area contributed by atoms with Crippen molar-refractivity contribution in [2.45, 2.75) is 24.5 Å². The van der Waals surface area contributed by atoms with E-state index >= 15 is 0 Å². The molecule has 3 heterocycles. The van der Waals surface area contributed by atoms with Crippen LogP contribution in [0.2, 0.25) is 0 Å². The van der Waals surface area contributed by atoms with Crippen LogP contribution in [0.3, 0.4) is 0 Å². The zero-order valence-corrected chi connectivity index (χ0v) is 12.8. The predicted molar refractivity (Wildman–Crippen MR) is 75.2 cm³/mol. The molecule has 12 nitrogen and oxygen atoms in total. The average Bonchev–Trinajstić information content (AvgIpc) is 3.01. The lowest BCUT2D eigenvalue weighted by Gasteiger charge is -2.30. The van der Waals surface area contributed by atoms with Crippen molar-refractivity contribution in [3.8, 4) is 0 Å². The van der Waals surface area contributed by atoms with E-state index in [0.717, 1.165) is 0 Å². The Morgan fingerprint density at radius 3 is 2.83 bits per heavy atom. The van der Waals surface area contributed by atoms with E-state index in [4.69, 9.17) is 20.3 Å². The number of aliphatic imine (C=N–C) groups is 1. The first-order chi connectivity index (χ1) is 10.8. The number of nitrogens with zero attached hydrogens (tertiary/aromatic N) is 2. The number of rotatable bonds is 4. The van der Waals surface area contributed by atoms with Gasteiger partial charge in [-0.05, 0) is 0 Å². The van der Waals surface area contributed by atoms with E-state index in [1.807, 2.05) is 0 Å². The molecule has 0 aromatic carbocycles. The van der Waals surface area contributed by atoms with Gasteiger partial charge in [-0.25, -0.2) is 9.56 Å². The van der Waals surface area contributed by atoms with Crippen molar-refractivity contribution in [1.82, 2.24) is 15.5 Å². The van der Waals surface area contributed by atoms with Gasteiger partial charge >= 0.3 is 7.82 Å². The first-order valence-electron chi connectivity index (χ1n) is 6.78. The molecule has 130 valence electrons. The number of phosphoric ester groups is 1. The molecule has 23 heavy (non-hydrogen) atoms. The lowest BCUT2D eigenvalue weighted by Crippen LogP contribution is -2.46. The van der Waals surface area contributed by atoms with Crippen molar-refractivity contribution in [2.24, 2.45) is 10.7 Å². The molecule has 0 saturated carbocycles. The van der Waals surface area contributed by atoms with E-state index < -0.39 is 39.0 Å². The Morgan fingerprint density at radius 2 is 2.13 bits per heavy atom. The number of aliphatic hydroxyl groups is 2. The molecule has 3 aliphatic rings. The van der Waals surface area contributed by atoms with Crippen LogP contribution in [0.5, 0.6) is 0 Å². The van der Waals surface area contributed by atoms with Crippen molar-refractivity contribution < 1.29 is 33.8 Å². The van der Waals surface area contributed by atoms with Gasteiger partial charge in [0.2, 0.25) is 0 Å². The fraction of sp³-hybridized carbons (Fsp3) is 0.700. The standard InChI is InChI=1S/C10H18N5O7P/c11-8-5-9(13-2-12-8)15(3-14-5)10-7(17)6(16)4(22-10)1-21-23(18,19)20/h4,6-7,10,13-14,16-17H,1-3H2,(H2,11,12)(H2,18,19,20)/t4-,6-,7-,10-/m1/s1. The highest BCUT2D eigenvalue weighted by atomic mass is 31.2. The Labute approximate surface area is 130 Å². The highest BCUT2D eigenvalue weighted by Gasteiger charge is 2.48. The van der Waals surface area contributed by atoms with Gasteiger partial charge in [0.05, 0.1) is 13.3 Å². The van der Waals surface area contributed by atoms with Crippen LogP contribution in [0.25, 0.3) is 0 Å². The number of hydrogen-bond donors (Lipinski definition) is 7. The third-order valence-corrected chi connectivity index (χ3v) is 4.24. The van der Waals surface area contributed by atoms with Gasteiger partial charge in [-0.3, -0.25) is 4.52 Å². The molecular weight excluding hydrogens is 333 g/mol. The Kier molecular flexibility index (Phi) is 4.23. The number of phosphoric acid groups is 1. The number of amidine groups is 1. The smallest absolute Gasteiger partial charge is 0.387 e. The van der Waals surface area contributed by atoms with E-state index in [-0.39, 0.29) is 13.3 Å². The van der Waals surface area contributed by atoms with E-state index in [2.05, 4.69) is 20.1 Å². The molecule has 0 unspecified atom stereocenters. The summed E-state index contributed by atoms with van der Waals surface area (Å²) >= 11 is 0. The van der Waals surface area contributed by atoms with Crippen molar-refractivity contribution in [1.29, 1.82) is 0 Å². The first kappa shape index (κ1) is 16.5. The maximum absolute atomic E-state index is 10.7. The summed E-state index contributed by atoms with van der Waals surface area (Å²) in [5.41, 5.74) is 6.34. The summed E-state index contributed by atoms with van der Waals surface area (Å²) in [6, 6.07) is 0. The summed E-state index contributed by atoms with van der Waals surface area (Å²) in [5.74, 6) is 0.890. The third-order valence-electron chi connectivity index (χ3n) is 3.75. The van der Waals surface area contributed by atoms with Gasteiger partial charge in [0.15, 0.2) is 6.23 Å². The Hall–Kier alpha value is -1.40. The van der Waals surface area contributed by atoms with Crippen LogP contribution in [0.1, 0.15) is 0 Å². The van der Waals surface area contributed by atoms with Crippen LogP contribution in [-0.4, -0.2) is 75.2 Å². The van der Waals surface area contributed by atoms with Gasteiger partial charge < -0.3 is 46.0 Å². The largest absolute Gasteiger partial charge is 0.469 e. The Bertz CT molecular complexity index is 592. The van der Waals surface area contributed by atoms with Gasteiger partial charge in [0.1, 0.15) is 42.3 Å². The van der Waals surface area contributed by atoms with Crippen LogP contribution >= 0.6 is 7.82 Å². The van der Waals surface area contributed by atoms with E-state index in [0.29, 0.717) is 17.4 Å². The fourth-order valence-corrected chi connectivity index (χ4v) is 3.00. The molecule has 0 amide bonds. The average molecular weight is 351 g/mol. The first-order valence-corrected chi connectivity index (χ1v) is 8.31. The van der Waals surface area contributed by atoms with Gasteiger partial charge in [0, 0.05) is 0 Å². The normalized spacial score (nSPS) is 34.1. The molecule has 0 radical (unpaired) electrons. The molecule has 3 rings (SSSR count). The van der Waals surface area contributed by atoms with Gasteiger partial charge in [-0.15, -0.1) is 0 Å². The molecule has 13 heteroatoms. The molecule has 4 atom stereocenters. The summed E-state index contributed by atoms with van der Waals surface area (Å²) < 4.78 is 20.6. The van der Waals surface area contributed by atoms with Crippen molar-refractivity contribution >= 4 is 13.7 Å². The minimum atomic E-state index is -4.69. The molecule has 0 aliphatic carbocycles. The van der Waals surface area contributed by atoms with E-state index in [1.165, 1.54) is 0 Å². The number of aliphatic hydroxyl groups excluding tert-OH is 2. The molecule has 1 saturated heterocycles. The molecule has 3 aliphatic heterocycles. The van der Waals surface area contributed by atoms with Crippen molar-refractivity contribution in [2.75, 3.05) is 19.9 Å². The fourth-order valence-electron chi connectivity index (χ4n) is 2.66. The van der Waals surface area contributed by atoms with Crippen molar-refractivity contribution in [3.63, 3.8) is 0 Å². The van der Waals surface area contributed by atoms with Crippen LogP contribution in [0.4, 0.5) is 0 Å². The molecule has 0 aromatic rings. The second-order valence-electron chi connectivity index (χ2n) is 5.24. The number of hydrogen-bond acceptors (Lipinski definition) is 10. The van der Waals surface area contributed by atoms with Gasteiger partial charge in [-0.2, -0.15) is 0 Å². The van der Waals surface area contributed by atoms with Crippen LogP contribution in [-0.2, 0) is 13.8 Å². The number of nitrogens with two attached hydrogens (primary N) is 1. The molecule has 0 bridgehead atoms. The number of nitrogens with one attached hydrogen (secondary N) is 2. The van der Waals surface area contributed by atoms with Gasteiger partial charge in [0.25, 0.3) is 0 Å². The van der Waals surface area contributed by atoms with Crippen LogP contribution in [0.15, 0.2) is 16.5 Å². The highest BCUT2D eigenvalue weighted by Crippen LogP contribution is 2.37. The lowest BCUT2D eigenvalue weighted by molar-refractivity contribution is -0.0835. The zero-order chi connectivity index (χ0) is 16.8. The quantitative estimate of drug-likeness (QED) is 0.249. The van der Waals surface area contributed by atoms with E-state index in [9.17, 15) is 14.8 Å². The Balaban J connectivity index is 1.72. The van der Waals surface area contributed by atoms with Gasteiger partial charge in [-0.1, -0.05) is 0 Å². The predicted octanol–water partition coefficient (Wildman–Crippen LogP) is -3.51. The minimum Gasteiger partial charge on any atom is -0.387 e. The zero-order valence-electron chi connectivity index (χ0n) is 11.9. The maximum Gasteiger partial charge on any atom is 0.469 e. The molecular formula is C10H18N5O7P. The molecule has 1 fully saturated rings. The monoisotopic (exact) mass is 351 g/mol. The summed E-state index contributed by atoms with van der Waals surface area (Å²) in [6.45, 7) is -0.0312. The molecule has 0 spiro atoms. The molecule has 8 N–H and O–H groups in total. The topological polar surface area (TPSA) is 182 Å². The lowest BCUT2D eigenvalue weighted by atomic mass is 10.1. The summed E-state index contributed by atoms with van der Waals surface area (Å²) in [6.07, 6.45) is -4.67. The van der Waals surface area contributed by atoms with E-state index in [1.54, 1.807) is 4.90 Å². The van der Waals surface area contributed by atoms with Crippen molar-refractivity contribution in [3.05, 3.63) is 11.5 Å². The maximum atomic E-state index is 10.7. The summed E-state index contributed by atoms with van der Waals surface area (Å²) in [7, 11) is -4.69. The third kappa shape index (κ3) is 3.15. The second-order valence-corrected chi connectivity index (χ2v) is 6.48.